The molecule has 2 aliphatic rings. The molecule has 0 spiro atoms. The summed E-state index contributed by atoms with van der Waals surface area (Å²) in [4.78, 5) is 14.4. The van der Waals surface area contributed by atoms with Gasteiger partial charge in [0.2, 0.25) is 0 Å². The van der Waals surface area contributed by atoms with Gasteiger partial charge in [-0.15, -0.1) is 0 Å². The molecule has 2 fully saturated rings. The van der Waals surface area contributed by atoms with E-state index >= 15 is 0 Å². The van der Waals surface area contributed by atoms with Crippen LogP contribution in [0.3, 0.4) is 0 Å². The summed E-state index contributed by atoms with van der Waals surface area (Å²) in [7, 11) is 0. The van der Waals surface area contributed by atoms with Crippen LogP contribution in [-0.4, -0.2) is 38.8 Å². The van der Waals surface area contributed by atoms with Crippen LogP contribution in [-0.2, 0) is 0 Å². The fourth-order valence-corrected chi connectivity index (χ4v) is 2.88. The lowest BCUT2D eigenvalue weighted by Crippen LogP contribution is -2.38. The molecule has 1 aromatic rings. The first kappa shape index (κ1) is 11.7. The van der Waals surface area contributed by atoms with E-state index in [4.69, 9.17) is 0 Å². The second-order valence-electron chi connectivity index (χ2n) is 5.55. The molecular weight excluding hydrogens is 228 g/mol. The van der Waals surface area contributed by atoms with Crippen molar-refractivity contribution in [3.8, 4) is 0 Å². The maximum atomic E-state index is 12.4. The fraction of sp³-hybridized carbons (Fsp3) is 0.769. The van der Waals surface area contributed by atoms with Crippen LogP contribution in [0.4, 0.5) is 0 Å². The van der Waals surface area contributed by atoms with Crippen LogP contribution in [0.15, 0.2) is 6.20 Å². The Bertz CT molecular complexity index is 393. The van der Waals surface area contributed by atoms with Crippen LogP contribution in [0.5, 0.6) is 0 Å². The quantitative estimate of drug-likeness (QED) is 0.886. The standard InChI is InChI=1S/C13H20N4O/c18-13(12-8-14-16-15-12)17(11-6-7-11)9-10-4-2-1-3-5-10/h8,10-11H,1-7,9H2,(H,14,15,16). The Morgan fingerprint density at radius 2 is 2.06 bits per heavy atom. The van der Waals surface area contributed by atoms with Gasteiger partial charge in [0.05, 0.1) is 6.20 Å². The first-order valence-corrected chi connectivity index (χ1v) is 7.01. The van der Waals surface area contributed by atoms with Gasteiger partial charge in [-0.05, 0) is 31.6 Å². The van der Waals surface area contributed by atoms with Crippen LogP contribution in [0.1, 0.15) is 55.4 Å². The molecule has 5 heteroatoms. The van der Waals surface area contributed by atoms with Gasteiger partial charge in [-0.1, -0.05) is 19.3 Å². The number of hydrogen-bond donors (Lipinski definition) is 1. The second-order valence-corrected chi connectivity index (χ2v) is 5.55. The maximum Gasteiger partial charge on any atom is 0.276 e. The molecule has 1 amide bonds. The highest BCUT2D eigenvalue weighted by atomic mass is 16.2. The third kappa shape index (κ3) is 2.54. The van der Waals surface area contributed by atoms with E-state index in [2.05, 4.69) is 15.4 Å². The summed E-state index contributed by atoms with van der Waals surface area (Å²) >= 11 is 0. The predicted octanol–water partition coefficient (Wildman–Crippen LogP) is 1.99. The molecule has 1 N–H and O–H groups in total. The smallest absolute Gasteiger partial charge is 0.276 e. The van der Waals surface area contributed by atoms with Gasteiger partial charge >= 0.3 is 0 Å². The zero-order valence-electron chi connectivity index (χ0n) is 10.6. The summed E-state index contributed by atoms with van der Waals surface area (Å²) in [6.07, 6.45) is 10.4. The molecule has 0 saturated heterocycles. The molecule has 1 aromatic heterocycles. The molecule has 1 heterocycles. The van der Waals surface area contributed by atoms with E-state index in [9.17, 15) is 4.79 Å². The number of H-pyrrole nitrogens is 1. The molecule has 0 unspecified atom stereocenters. The molecular formula is C13H20N4O. The first-order valence-electron chi connectivity index (χ1n) is 7.01. The van der Waals surface area contributed by atoms with Crippen molar-refractivity contribution >= 4 is 5.91 Å². The monoisotopic (exact) mass is 248 g/mol. The van der Waals surface area contributed by atoms with Crippen molar-refractivity contribution in [3.05, 3.63) is 11.9 Å². The molecule has 0 aromatic carbocycles. The van der Waals surface area contributed by atoms with Gasteiger partial charge in [0.15, 0.2) is 5.69 Å². The lowest BCUT2D eigenvalue weighted by Gasteiger charge is -2.29. The van der Waals surface area contributed by atoms with Crippen LogP contribution in [0.2, 0.25) is 0 Å². The number of amides is 1. The number of nitrogens with zero attached hydrogens (tertiary/aromatic N) is 3. The Morgan fingerprint density at radius 1 is 1.28 bits per heavy atom. The summed E-state index contributed by atoms with van der Waals surface area (Å²) in [5, 5.41) is 10.2. The van der Waals surface area contributed by atoms with E-state index in [1.165, 1.54) is 38.3 Å². The van der Waals surface area contributed by atoms with Crippen molar-refractivity contribution < 1.29 is 4.79 Å². The Hall–Kier alpha value is -1.39. The normalized spacial score (nSPS) is 20.9. The van der Waals surface area contributed by atoms with E-state index in [0.29, 0.717) is 17.7 Å². The van der Waals surface area contributed by atoms with Gasteiger partial charge in [-0.25, -0.2) is 0 Å². The molecule has 98 valence electrons. The maximum absolute atomic E-state index is 12.4. The summed E-state index contributed by atoms with van der Waals surface area (Å²) < 4.78 is 0. The molecule has 5 nitrogen and oxygen atoms in total. The molecule has 0 bridgehead atoms. The molecule has 3 rings (SSSR count). The summed E-state index contributed by atoms with van der Waals surface area (Å²) in [5.41, 5.74) is 0.456. The molecule has 0 atom stereocenters. The number of rotatable bonds is 4. The van der Waals surface area contributed by atoms with Crippen molar-refractivity contribution in [1.29, 1.82) is 0 Å². The van der Waals surface area contributed by atoms with Gasteiger partial charge in [-0.2, -0.15) is 15.4 Å². The first-order chi connectivity index (χ1) is 8.84. The van der Waals surface area contributed by atoms with Gasteiger partial charge in [0, 0.05) is 12.6 Å². The van der Waals surface area contributed by atoms with E-state index in [1.807, 2.05) is 4.90 Å². The number of carbonyl (C=O) groups is 1. The third-order valence-electron chi connectivity index (χ3n) is 4.06. The summed E-state index contributed by atoms with van der Waals surface area (Å²) in [6, 6.07) is 0.455. The highest BCUT2D eigenvalue weighted by Crippen LogP contribution is 2.32. The lowest BCUT2D eigenvalue weighted by molar-refractivity contribution is 0.0693. The Morgan fingerprint density at radius 3 is 2.67 bits per heavy atom. The van der Waals surface area contributed by atoms with Crippen LogP contribution >= 0.6 is 0 Å². The van der Waals surface area contributed by atoms with E-state index < -0.39 is 0 Å². The third-order valence-corrected chi connectivity index (χ3v) is 4.06. The van der Waals surface area contributed by atoms with Gasteiger partial charge in [-0.3, -0.25) is 4.79 Å². The highest BCUT2D eigenvalue weighted by Gasteiger charge is 2.35. The van der Waals surface area contributed by atoms with E-state index in [-0.39, 0.29) is 5.91 Å². The Balaban J connectivity index is 1.66. The molecule has 0 radical (unpaired) electrons. The number of aromatic amines is 1. The van der Waals surface area contributed by atoms with Crippen molar-refractivity contribution in [2.24, 2.45) is 5.92 Å². The van der Waals surface area contributed by atoms with Gasteiger partial charge in [0.1, 0.15) is 0 Å². The minimum Gasteiger partial charge on any atom is -0.334 e. The minimum atomic E-state index is 0.0526. The fourth-order valence-electron chi connectivity index (χ4n) is 2.88. The average Bonchev–Trinajstić information content (AvgIpc) is 3.10. The van der Waals surface area contributed by atoms with Crippen LogP contribution in [0, 0.1) is 5.92 Å². The zero-order chi connectivity index (χ0) is 12.4. The number of nitrogens with one attached hydrogen (secondary N) is 1. The average molecular weight is 248 g/mol. The number of aromatic nitrogens is 3. The minimum absolute atomic E-state index is 0.0526. The lowest BCUT2D eigenvalue weighted by atomic mass is 9.89. The molecule has 18 heavy (non-hydrogen) atoms. The van der Waals surface area contributed by atoms with Crippen molar-refractivity contribution in [1.82, 2.24) is 20.3 Å². The van der Waals surface area contributed by atoms with E-state index in [0.717, 1.165) is 19.4 Å². The van der Waals surface area contributed by atoms with Crippen LogP contribution in [0.25, 0.3) is 0 Å². The second kappa shape index (κ2) is 5.08. The molecule has 0 aliphatic heterocycles. The van der Waals surface area contributed by atoms with Crippen LogP contribution < -0.4 is 0 Å². The number of carbonyl (C=O) groups excluding carboxylic acids is 1. The Kier molecular flexibility index (Phi) is 3.30. The van der Waals surface area contributed by atoms with Crippen molar-refractivity contribution in [3.63, 3.8) is 0 Å². The number of hydrogen-bond acceptors (Lipinski definition) is 3. The van der Waals surface area contributed by atoms with E-state index in [1.54, 1.807) is 0 Å². The molecule has 2 aliphatic carbocycles. The van der Waals surface area contributed by atoms with Gasteiger partial charge in [0.25, 0.3) is 5.91 Å². The van der Waals surface area contributed by atoms with Crippen molar-refractivity contribution in [2.75, 3.05) is 6.54 Å². The topological polar surface area (TPSA) is 61.9 Å². The molecule has 2 saturated carbocycles. The van der Waals surface area contributed by atoms with Gasteiger partial charge < -0.3 is 4.90 Å². The summed E-state index contributed by atoms with van der Waals surface area (Å²) in [6.45, 7) is 0.913. The SMILES string of the molecule is O=C(c1cn[nH]n1)N(CC1CCCCC1)C1CC1. The Labute approximate surface area is 107 Å². The zero-order valence-corrected chi connectivity index (χ0v) is 10.6. The predicted molar refractivity (Wildman–Crippen MR) is 67.0 cm³/mol. The largest absolute Gasteiger partial charge is 0.334 e. The highest BCUT2D eigenvalue weighted by molar-refractivity contribution is 5.92. The summed E-state index contributed by atoms with van der Waals surface area (Å²) in [5.74, 6) is 0.743. The van der Waals surface area contributed by atoms with Crippen molar-refractivity contribution in [2.45, 2.75) is 51.0 Å².